The minimum absolute atomic E-state index is 0.442. The highest BCUT2D eigenvalue weighted by molar-refractivity contribution is 7.16. The highest BCUT2D eigenvalue weighted by atomic mass is 32.1. The van der Waals surface area contributed by atoms with Gasteiger partial charge in [-0.15, -0.1) is 10.2 Å². The first-order valence-corrected chi connectivity index (χ1v) is 6.47. The molecule has 2 N–H and O–H groups in total. The number of rotatable bonds is 4. The average molecular weight is 260 g/mol. The molecule has 0 saturated heterocycles. The van der Waals surface area contributed by atoms with Crippen molar-refractivity contribution in [1.82, 2.24) is 24.8 Å². The third-order valence-electron chi connectivity index (χ3n) is 2.66. The van der Waals surface area contributed by atoms with Crippen LogP contribution in [0.15, 0.2) is 24.5 Å². The van der Waals surface area contributed by atoms with Gasteiger partial charge >= 0.3 is 0 Å². The van der Waals surface area contributed by atoms with Crippen molar-refractivity contribution in [2.45, 2.75) is 19.4 Å². The van der Waals surface area contributed by atoms with Crippen LogP contribution in [0.1, 0.15) is 16.4 Å². The van der Waals surface area contributed by atoms with E-state index in [-0.39, 0.29) is 0 Å². The standard InChI is InChI=1S/C11H12N6S/c12-7-10-16-17-9(14-15-11(17)18-10)2-1-8-3-5-13-6-4-8/h3-6H,1-2,7,12H2. The van der Waals surface area contributed by atoms with E-state index in [1.165, 1.54) is 16.9 Å². The zero-order valence-electron chi connectivity index (χ0n) is 9.65. The lowest BCUT2D eigenvalue weighted by Gasteiger charge is -1.98. The predicted octanol–water partition coefficient (Wildman–Crippen LogP) is 0.825. The third-order valence-corrected chi connectivity index (χ3v) is 3.58. The van der Waals surface area contributed by atoms with Gasteiger partial charge in [0.15, 0.2) is 5.82 Å². The molecule has 6 nitrogen and oxygen atoms in total. The van der Waals surface area contributed by atoms with Crippen LogP contribution in [0.3, 0.4) is 0 Å². The summed E-state index contributed by atoms with van der Waals surface area (Å²) in [7, 11) is 0. The Morgan fingerprint density at radius 1 is 1.17 bits per heavy atom. The maximum absolute atomic E-state index is 5.57. The maximum atomic E-state index is 5.57. The number of pyridine rings is 1. The van der Waals surface area contributed by atoms with Crippen LogP contribution < -0.4 is 5.73 Å². The molecule has 18 heavy (non-hydrogen) atoms. The molecule has 3 aromatic rings. The lowest BCUT2D eigenvalue weighted by atomic mass is 10.1. The van der Waals surface area contributed by atoms with Gasteiger partial charge in [-0.25, -0.2) is 0 Å². The number of fused-ring (bicyclic) bond motifs is 1. The van der Waals surface area contributed by atoms with Gasteiger partial charge in [0.05, 0.1) is 0 Å². The summed E-state index contributed by atoms with van der Waals surface area (Å²) in [4.78, 5) is 4.80. The number of hydrogen-bond donors (Lipinski definition) is 1. The first-order valence-electron chi connectivity index (χ1n) is 5.66. The van der Waals surface area contributed by atoms with E-state index in [4.69, 9.17) is 5.73 Å². The molecule has 0 atom stereocenters. The van der Waals surface area contributed by atoms with Gasteiger partial charge < -0.3 is 5.73 Å². The molecule has 0 spiro atoms. The molecule has 0 bridgehead atoms. The number of aryl methyl sites for hydroxylation is 2. The SMILES string of the molecule is NCc1nn2c(CCc3ccncc3)nnc2s1. The molecule has 92 valence electrons. The summed E-state index contributed by atoms with van der Waals surface area (Å²) >= 11 is 1.48. The molecule has 0 aliphatic rings. The van der Waals surface area contributed by atoms with Crippen LogP contribution in [0.2, 0.25) is 0 Å². The Bertz CT molecular complexity index is 644. The average Bonchev–Trinajstić information content (AvgIpc) is 2.97. The predicted molar refractivity (Wildman–Crippen MR) is 68.2 cm³/mol. The molecule has 3 rings (SSSR count). The van der Waals surface area contributed by atoms with Crippen molar-refractivity contribution >= 4 is 16.3 Å². The van der Waals surface area contributed by atoms with E-state index in [2.05, 4.69) is 20.3 Å². The van der Waals surface area contributed by atoms with E-state index in [1.807, 2.05) is 12.1 Å². The van der Waals surface area contributed by atoms with E-state index in [9.17, 15) is 0 Å². The smallest absolute Gasteiger partial charge is 0.234 e. The molecule has 7 heteroatoms. The van der Waals surface area contributed by atoms with Crippen molar-refractivity contribution in [3.63, 3.8) is 0 Å². The van der Waals surface area contributed by atoms with E-state index in [0.717, 1.165) is 28.6 Å². The van der Waals surface area contributed by atoms with E-state index in [0.29, 0.717) is 6.54 Å². The molecule has 0 aromatic carbocycles. The van der Waals surface area contributed by atoms with Crippen molar-refractivity contribution in [2.24, 2.45) is 5.73 Å². The van der Waals surface area contributed by atoms with Crippen LogP contribution in [0.4, 0.5) is 0 Å². The number of hydrogen-bond acceptors (Lipinski definition) is 6. The van der Waals surface area contributed by atoms with E-state index < -0.39 is 0 Å². The minimum Gasteiger partial charge on any atom is -0.324 e. The highest BCUT2D eigenvalue weighted by Gasteiger charge is 2.10. The Morgan fingerprint density at radius 2 is 2.00 bits per heavy atom. The number of aromatic nitrogens is 5. The van der Waals surface area contributed by atoms with Crippen LogP contribution in [-0.2, 0) is 19.4 Å². The summed E-state index contributed by atoms with van der Waals surface area (Å²) in [6, 6.07) is 4.01. The molecular weight excluding hydrogens is 248 g/mol. The number of nitrogens with zero attached hydrogens (tertiary/aromatic N) is 5. The van der Waals surface area contributed by atoms with Gasteiger partial charge in [-0.1, -0.05) is 11.3 Å². The lowest BCUT2D eigenvalue weighted by molar-refractivity contribution is 0.775. The Hall–Kier alpha value is -1.86. The summed E-state index contributed by atoms with van der Waals surface area (Å²) in [6.45, 7) is 0.442. The molecular formula is C11H12N6S. The normalized spacial score (nSPS) is 11.2. The Morgan fingerprint density at radius 3 is 2.78 bits per heavy atom. The second-order valence-electron chi connectivity index (χ2n) is 3.87. The fourth-order valence-electron chi connectivity index (χ4n) is 1.74. The first-order chi connectivity index (χ1) is 8.86. The quantitative estimate of drug-likeness (QED) is 0.751. The summed E-state index contributed by atoms with van der Waals surface area (Å²) in [6.07, 6.45) is 5.30. The maximum Gasteiger partial charge on any atom is 0.234 e. The van der Waals surface area contributed by atoms with Crippen molar-refractivity contribution in [1.29, 1.82) is 0 Å². The van der Waals surface area contributed by atoms with Crippen LogP contribution in [0, 0.1) is 0 Å². The molecule has 0 unspecified atom stereocenters. The van der Waals surface area contributed by atoms with Gasteiger partial charge in [0.1, 0.15) is 5.01 Å². The minimum atomic E-state index is 0.442. The van der Waals surface area contributed by atoms with Crippen LogP contribution in [0.5, 0.6) is 0 Å². The molecule has 0 amide bonds. The number of nitrogens with two attached hydrogens (primary N) is 1. The van der Waals surface area contributed by atoms with E-state index in [1.54, 1.807) is 16.9 Å². The second kappa shape index (κ2) is 4.79. The topological polar surface area (TPSA) is 82.0 Å². The monoisotopic (exact) mass is 260 g/mol. The molecule has 3 aromatic heterocycles. The summed E-state index contributed by atoms with van der Waals surface area (Å²) in [5.74, 6) is 0.873. The van der Waals surface area contributed by atoms with Gasteiger partial charge in [-0.2, -0.15) is 9.61 Å². The Balaban J connectivity index is 1.80. The van der Waals surface area contributed by atoms with Crippen LogP contribution >= 0.6 is 11.3 Å². The molecule has 0 fully saturated rings. The molecule has 0 radical (unpaired) electrons. The van der Waals surface area contributed by atoms with Gasteiger partial charge in [0.2, 0.25) is 4.96 Å². The van der Waals surface area contributed by atoms with Gasteiger partial charge in [0.25, 0.3) is 0 Å². The second-order valence-corrected chi connectivity index (χ2v) is 4.91. The summed E-state index contributed by atoms with van der Waals surface area (Å²) in [5.41, 5.74) is 6.80. The van der Waals surface area contributed by atoms with Crippen molar-refractivity contribution in [3.8, 4) is 0 Å². The van der Waals surface area contributed by atoms with Crippen LogP contribution in [0.25, 0.3) is 4.96 Å². The summed E-state index contributed by atoms with van der Waals surface area (Å²) in [5, 5.41) is 13.5. The van der Waals surface area contributed by atoms with Gasteiger partial charge in [0, 0.05) is 25.4 Å². The highest BCUT2D eigenvalue weighted by Crippen LogP contribution is 2.14. The van der Waals surface area contributed by atoms with Crippen molar-refractivity contribution in [2.75, 3.05) is 0 Å². The fourth-order valence-corrected chi connectivity index (χ4v) is 2.47. The van der Waals surface area contributed by atoms with Crippen molar-refractivity contribution in [3.05, 3.63) is 40.9 Å². The third kappa shape index (κ3) is 2.09. The Labute approximate surface area is 107 Å². The zero-order chi connectivity index (χ0) is 12.4. The summed E-state index contributed by atoms with van der Waals surface area (Å²) < 4.78 is 1.79. The molecule has 0 saturated carbocycles. The van der Waals surface area contributed by atoms with E-state index >= 15 is 0 Å². The lowest BCUT2D eigenvalue weighted by Crippen LogP contribution is -2.01. The van der Waals surface area contributed by atoms with Crippen molar-refractivity contribution < 1.29 is 0 Å². The van der Waals surface area contributed by atoms with Gasteiger partial charge in [-0.3, -0.25) is 4.98 Å². The van der Waals surface area contributed by atoms with Crippen LogP contribution in [-0.4, -0.2) is 24.8 Å². The molecule has 0 aliphatic heterocycles. The molecule has 3 heterocycles. The molecule has 0 aliphatic carbocycles. The fraction of sp³-hybridized carbons (Fsp3) is 0.273. The largest absolute Gasteiger partial charge is 0.324 e. The first kappa shape index (κ1) is 11.2. The Kier molecular flexibility index (Phi) is 2.99. The van der Waals surface area contributed by atoms with Gasteiger partial charge in [-0.05, 0) is 24.1 Å². The zero-order valence-corrected chi connectivity index (χ0v) is 10.5.